The molecule has 0 atom stereocenters. The van der Waals surface area contributed by atoms with Crippen molar-refractivity contribution in [3.63, 3.8) is 0 Å². The van der Waals surface area contributed by atoms with Crippen LogP contribution in [0.5, 0.6) is 0 Å². The van der Waals surface area contributed by atoms with Crippen molar-refractivity contribution in [1.29, 1.82) is 0 Å². The molecule has 0 radical (unpaired) electrons. The second-order valence-electron chi connectivity index (χ2n) is 3.85. The Hall–Kier alpha value is -0.0200. The number of ketones is 1. The van der Waals surface area contributed by atoms with Crippen LogP contribution >= 0.6 is 11.8 Å². The fourth-order valence-electron chi connectivity index (χ4n) is 1.84. The number of Topliss-reactive ketones (excluding diaryl/α,β-unsaturated/α-hetero) is 1. The Morgan fingerprint density at radius 3 is 2.79 bits per heavy atom. The van der Waals surface area contributed by atoms with E-state index in [1.54, 1.807) is 18.9 Å². The maximum Gasteiger partial charge on any atom is 0.145 e. The van der Waals surface area contributed by atoms with Crippen LogP contribution < -0.4 is 0 Å². The number of methoxy groups -OCH3 is 1. The van der Waals surface area contributed by atoms with Crippen LogP contribution in [0.1, 0.15) is 32.1 Å². The molecule has 0 aromatic heterocycles. The summed E-state index contributed by atoms with van der Waals surface area (Å²) in [5.74, 6) is 2.63. The number of hydrogen-bond donors (Lipinski definition) is 0. The molecular weight excluding hydrogens is 196 g/mol. The summed E-state index contributed by atoms with van der Waals surface area (Å²) in [5.41, 5.74) is 0. The first kappa shape index (κ1) is 12.1. The molecule has 0 N–H and O–H groups in total. The number of carbonyl (C=O) groups is 1. The van der Waals surface area contributed by atoms with E-state index in [9.17, 15) is 4.79 Å². The number of thioether (sulfide) groups is 1. The predicted octanol–water partition coefficient (Wildman–Crippen LogP) is 2.52. The maximum absolute atomic E-state index is 11.6. The molecule has 3 heteroatoms. The first-order valence-electron chi connectivity index (χ1n) is 5.44. The average Bonchev–Trinajstić information content (AvgIpc) is 2.70. The van der Waals surface area contributed by atoms with Crippen molar-refractivity contribution in [2.45, 2.75) is 32.1 Å². The van der Waals surface area contributed by atoms with Crippen molar-refractivity contribution in [2.24, 2.45) is 5.92 Å². The van der Waals surface area contributed by atoms with Gasteiger partial charge in [0, 0.05) is 19.6 Å². The van der Waals surface area contributed by atoms with E-state index in [-0.39, 0.29) is 0 Å². The molecule has 0 aromatic rings. The molecule has 0 aliphatic heterocycles. The quantitative estimate of drug-likeness (QED) is 0.612. The van der Waals surface area contributed by atoms with Gasteiger partial charge in [-0.2, -0.15) is 11.8 Å². The van der Waals surface area contributed by atoms with Crippen LogP contribution in [-0.2, 0) is 9.53 Å². The fraction of sp³-hybridized carbons (Fsp3) is 0.909. The van der Waals surface area contributed by atoms with Gasteiger partial charge in [0.2, 0.25) is 0 Å². The Kier molecular flexibility index (Phi) is 6.28. The topological polar surface area (TPSA) is 26.3 Å². The standard InChI is InChI=1S/C11H20O2S/c1-13-7-4-8-14-9-11(12)10-5-2-3-6-10/h10H,2-9H2,1H3. The smallest absolute Gasteiger partial charge is 0.145 e. The lowest BCUT2D eigenvalue weighted by molar-refractivity contribution is -0.120. The summed E-state index contributed by atoms with van der Waals surface area (Å²) in [6, 6.07) is 0. The van der Waals surface area contributed by atoms with Crippen LogP contribution in [0, 0.1) is 5.92 Å². The molecule has 0 aromatic carbocycles. The molecule has 1 saturated carbocycles. The van der Waals surface area contributed by atoms with Gasteiger partial charge in [-0.15, -0.1) is 0 Å². The molecule has 82 valence electrons. The van der Waals surface area contributed by atoms with Gasteiger partial charge in [-0.1, -0.05) is 12.8 Å². The molecule has 2 nitrogen and oxygen atoms in total. The molecule has 1 fully saturated rings. The number of carbonyl (C=O) groups excluding carboxylic acids is 1. The van der Waals surface area contributed by atoms with E-state index in [0.29, 0.717) is 17.5 Å². The number of rotatable bonds is 7. The highest BCUT2D eigenvalue weighted by atomic mass is 32.2. The van der Waals surface area contributed by atoms with Gasteiger partial charge in [0.25, 0.3) is 0 Å². The van der Waals surface area contributed by atoms with Crippen molar-refractivity contribution >= 4 is 17.5 Å². The zero-order chi connectivity index (χ0) is 10.2. The zero-order valence-electron chi connectivity index (χ0n) is 8.96. The lowest BCUT2D eigenvalue weighted by Gasteiger charge is -2.06. The Morgan fingerprint density at radius 2 is 2.14 bits per heavy atom. The van der Waals surface area contributed by atoms with Gasteiger partial charge in [-0.25, -0.2) is 0 Å². The molecule has 1 aliphatic rings. The summed E-state index contributed by atoms with van der Waals surface area (Å²) in [5, 5.41) is 0. The normalized spacial score (nSPS) is 17.5. The minimum atomic E-state index is 0.393. The monoisotopic (exact) mass is 216 g/mol. The molecule has 1 rings (SSSR count). The van der Waals surface area contributed by atoms with Crippen molar-refractivity contribution in [1.82, 2.24) is 0 Å². The van der Waals surface area contributed by atoms with Gasteiger partial charge < -0.3 is 4.74 Å². The highest BCUT2D eigenvalue weighted by Gasteiger charge is 2.21. The van der Waals surface area contributed by atoms with Gasteiger partial charge in [-0.05, 0) is 25.0 Å². The van der Waals surface area contributed by atoms with Crippen LogP contribution in [0.25, 0.3) is 0 Å². The first-order valence-corrected chi connectivity index (χ1v) is 6.59. The minimum absolute atomic E-state index is 0.393. The molecule has 14 heavy (non-hydrogen) atoms. The molecule has 0 unspecified atom stereocenters. The summed E-state index contributed by atoms with van der Waals surface area (Å²) < 4.78 is 4.95. The second kappa shape index (κ2) is 7.30. The summed E-state index contributed by atoms with van der Waals surface area (Å²) in [4.78, 5) is 11.6. The Bertz CT molecular complexity index is 165. The fourth-order valence-corrected chi connectivity index (χ4v) is 2.75. The highest BCUT2D eigenvalue weighted by molar-refractivity contribution is 7.99. The Labute approximate surface area is 90.8 Å². The largest absolute Gasteiger partial charge is 0.385 e. The predicted molar refractivity (Wildman–Crippen MR) is 60.8 cm³/mol. The van der Waals surface area contributed by atoms with Crippen LogP contribution in [0.3, 0.4) is 0 Å². The van der Waals surface area contributed by atoms with Crippen molar-refractivity contribution < 1.29 is 9.53 Å². The molecule has 0 spiro atoms. The van der Waals surface area contributed by atoms with Crippen molar-refractivity contribution in [2.75, 3.05) is 25.2 Å². The van der Waals surface area contributed by atoms with Gasteiger partial charge in [0.05, 0.1) is 5.75 Å². The molecular formula is C11H20O2S. The van der Waals surface area contributed by atoms with E-state index in [2.05, 4.69) is 0 Å². The SMILES string of the molecule is COCCCSCC(=O)C1CCCC1. The minimum Gasteiger partial charge on any atom is -0.385 e. The van der Waals surface area contributed by atoms with Crippen LogP contribution in [0.2, 0.25) is 0 Å². The van der Waals surface area contributed by atoms with Crippen LogP contribution in [0.4, 0.5) is 0 Å². The van der Waals surface area contributed by atoms with Crippen LogP contribution in [0.15, 0.2) is 0 Å². The maximum atomic E-state index is 11.6. The van der Waals surface area contributed by atoms with Gasteiger partial charge in [-0.3, -0.25) is 4.79 Å². The van der Waals surface area contributed by atoms with E-state index < -0.39 is 0 Å². The summed E-state index contributed by atoms with van der Waals surface area (Å²) in [6.07, 6.45) is 5.84. The van der Waals surface area contributed by atoms with E-state index in [1.165, 1.54) is 12.8 Å². The highest BCUT2D eigenvalue weighted by Crippen LogP contribution is 2.26. The van der Waals surface area contributed by atoms with E-state index in [4.69, 9.17) is 4.74 Å². The third-order valence-electron chi connectivity index (χ3n) is 2.69. The second-order valence-corrected chi connectivity index (χ2v) is 4.95. The summed E-state index contributed by atoms with van der Waals surface area (Å²) in [7, 11) is 1.72. The van der Waals surface area contributed by atoms with Gasteiger partial charge in [0.1, 0.15) is 5.78 Å². The summed E-state index contributed by atoms with van der Waals surface area (Å²) >= 11 is 1.76. The lowest BCUT2D eigenvalue weighted by atomic mass is 10.0. The van der Waals surface area contributed by atoms with Gasteiger partial charge >= 0.3 is 0 Å². The van der Waals surface area contributed by atoms with E-state index in [1.807, 2.05) is 0 Å². The molecule has 0 amide bonds. The van der Waals surface area contributed by atoms with Gasteiger partial charge in [0.15, 0.2) is 0 Å². The lowest BCUT2D eigenvalue weighted by Crippen LogP contribution is -2.13. The zero-order valence-corrected chi connectivity index (χ0v) is 9.78. The number of hydrogen-bond acceptors (Lipinski definition) is 3. The third-order valence-corrected chi connectivity index (χ3v) is 3.76. The van der Waals surface area contributed by atoms with E-state index in [0.717, 1.165) is 31.6 Å². The molecule has 0 heterocycles. The Balaban J connectivity index is 1.97. The molecule has 0 bridgehead atoms. The molecule has 1 aliphatic carbocycles. The van der Waals surface area contributed by atoms with Crippen LogP contribution in [-0.4, -0.2) is 31.0 Å². The first-order chi connectivity index (χ1) is 6.84. The number of ether oxygens (including phenoxy) is 1. The third kappa shape index (κ3) is 4.47. The summed E-state index contributed by atoms with van der Waals surface area (Å²) in [6.45, 7) is 0.810. The van der Waals surface area contributed by atoms with E-state index >= 15 is 0 Å². The average molecular weight is 216 g/mol. The Morgan fingerprint density at radius 1 is 1.43 bits per heavy atom. The van der Waals surface area contributed by atoms with Crippen molar-refractivity contribution in [3.05, 3.63) is 0 Å². The van der Waals surface area contributed by atoms with Crippen molar-refractivity contribution in [3.8, 4) is 0 Å². The molecule has 0 saturated heterocycles.